The molecule has 2 aliphatic heterocycles. The van der Waals surface area contributed by atoms with Gasteiger partial charge in [0.2, 0.25) is 0 Å². The van der Waals surface area contributed by atoms with E-state index in [0.717, 1.165) is 28.6 Å². The van der Waals surface area contributed by atoms with Crippen LogP contribution in [-0.2, 0) is 9.53 Å². The molecule has 3 rings (SSSR count). The van der Waals surface area contributed by atoms with Gasteiger partial charge in [-0.15, -0.1) is 0 Å². The van der Waals surface area contributed by atoms with Crippen LogP contribution >= 0.6 is 46.6 Å². The van der Waals surface area contributed by atoms with Crippen molar-refractivity contribution in [2.24, 2.45) is 0 Å². The first kappa shape index (κ1) is 16.2. The first-order valence-electron chi connectivity index (χ1n) is 6.90. The second-order valence-electron chi connectivity index (χ2n) is 5.14. The van der Waals surface area contributed by atoms with Crippen LogP contribution in [0.25, 0.3) is 6.08 Å². The van der Waals surface area contributed by atoms with Crippen LogP contribution in [0.15, 0.2) is 23.1 Å². The average Bonchev–Trinajstić information content (AvgIpc) is 3.08. The van der Waals surface area contributed by atoms with E-state index in [-0.39, 0.29) is 17.8 Å². The minimum atomic E-state index is -0.0615. The monoisotopic (exact) mass is 447 g/mol. The van der Waals surface area contributed by atoms with Crippen molar-refractivity contribution in [1.82, 2.24) is 4.90 Å². The minimum absolute atomic E-state index is 0.0615. The second kappa shape index (κ2) is 6.86. The van der Waals surface area contributed by atoms with Gasteiger partial charge in [0.25, 0.3) is 5.91 Å². The van der Waals surface area contributed by atoms with Crippen molar-refractivity contribution in [3.8, 4) is 5.75 Å². The number of ether oxygens (including phenoxy) is 1. The molecule has 2 fully saturated rings. The Morgan fingerprint density at radius 1 is 1.55 bits per heavy atom. The lowest BCUT2D eigenvalue weighted by Gasteiger charge is -2.18. The molecule has 0 saturated carbocycles. The fourth-order valence-corrected chi connectivity index (χ4v) is 4.23. The van der Waals surface area contributed by atoms with Gasteiger partial charge in [-0.05, 0) is 59.2 Å². The van der Waals surface area contributed by atoms with Gasteiger partial charge in [0.15, 0.2) is 0 Å². The number of carbonyl (C=O) groups excluding carboxylic acids is 1. The maximum absolute atomic E-state index is 12.5. The third kappa shape index (κ3) is 3.47. The van der Waals surface area contributed by atoms with Gasteiger partial charge < -0.3 is 9.84 Å². The quantitative estimate of drug-likeness (QED) is 0.438. The van der Waals surface area contributed by atoms with E-state index in [4.69, 9.17) is 17.0 Å². The number of rotatable bonds is 3. The normalized spacial score (nSPS) is 23.8. The number of aromatic hydroxyl groups is 1. The standard InChI is InChI=1S/C15H14INO3S2/c16-11-6-9(3-4-12(11)18)7-13-14(19)17(15(21)22-13)8-10-2-1-5-20-10/h3-4,6-7,10,18H,1-2,5,8H2/b13-7-/t10-/m0/s1. The molecule has 0 aliphatic carbocycles. The third-order valence-electron chi connectivity index (χ3n) is 3.55. The lowest BCUT2D eigenvalue weighted by atomic mass is 10.2. The minimum Gasteiger partial charge on any atom is -0.507 e. The number of halogens is 1. The Kier molecular flexibility index (Phi) is 5.06. The van der Waals surface area contributed by atoms with E-state index in [1.807, 2.05) is 12.1 Å². The number of carbonyl (C=O) groups is 1. The Hall–Kier alpha value is -0.640. The topological polar surface area (TPSA) is 49.8 Å². The Labute approximate surface area is 152 Å². The number of benzene rings is 1. The van der Waals surface area contributed by atoms with Gasteiger partial charge in [-0.1, -0.05) is 30.0 Å². The average molecular weight is 447 g/mol. The Morgan fingerprint density at radius 3 is 3.05 bits per heavy atom. The van der Waals surface area contributed by atoms with E-state index in [9.17, 15) is 9.90 Å². The molecule has 1 amide bonds. The Morgan fingerprint density at radius 2 is 2.36 bits per heavy atom. The van der Waals surface area contributed by atoms with E-state index >= 15 is 0 Å². The number of nitrogens with zero attached hydrogens (tertiary/aromatic N) is 1. The van der Waals surface area contributed by atoms with E-state index in [2.05, 4.69) is 22.6 Å². The van der Waals surface area contributed by atoms with Crippen molar-refractivity contribution in [3.63, 3.8) is 0 Å². The Balaban J connectivity index is 1.77. The molecule has 4 nitrogen and oxygen atoms in total. The highest BCUT2D eigenvalue weighted by Gasteiger charge is 2.34. The van der Waals surface area contributed by atoms with Crippen molar-refractivity contribution in [2.75, 3.05) is 13.2 Å². The molecule has 0 radical (unpaired) electrons. The maximum Gasteiger partial charge on any atom is 0.266 e. The molecule has 0 aromatic heterocycles. The van der Waals surface area contributed by atoms with Crippen molar-refractivity contribution in [3.05, 3.63) is 32.2 Å². The number of phenols is 1. The maximum atomic E-state index is 12.5. The first-order chi connectivity index (χ1) is 10.5. The van der Waals surface area contributed by atoms with Crippen molar-refractivity contribution in [2.45, 2.75) is 18.9 Å². The van der Waals surface area contributed by atoms with Gasteiger partial charge in [0.1, 0.15) is 10.1 Å². The number of hydrogen-bond donors (Lipinski definition) is 1. The van der Waals surface area contributed by atoms with Crippen molar-refractivity contribution in [1.29, 1.82) is 0 Å². The zero-order valence-corrected chi connectivity index (χ0v) is 15.4. The number of amides is 1. The summed E-state index contributed by atoms with van der Waals surface area (Å²) in [6, 6.07) is 5.24. The summed E-state index contributed by atoms with van der Waals surface area (Å²) in [5.41, 5.74) is 0.875. The molecule has 0 bridgehead atoms. The van der Waals surface area contributed by atoms with E-state index in [0.29, 0.717) is 15.8 Å². The summed E-state index contributed by atoms with van der Waals surface area (Å²) in [5, 5.41) is 9.56. The molecule has 0 spiro atoms. The van der Waals surface area contributed by atoms with E-state index < -0.39 is 0 Å². The molecule has 2 heterocycles. The summed E-state index contributed by atoms with van der Waals surface area (Å²) < 4.78 is 6.92. The van der Waals surface area contributed by atoms with Gasteiger partial charge in [0, 0.05) is 6.61 Å². The number of thiocarbonyl (C=S) groups is 1. The van der Waals surface area contributed by atoms with Gasteiger partial charge in [-0.3, -0.25) is 9.69 Å². The van der Waals surface area contributed by atoms with Gasteiger partial charge in [-0.25, -0.2) is 0 Å². The molecule has 7 heteroatoms. The smallest absolute Gasteiger partial charge is 0.266 e. The van der Waals surface area contributed by atoms with Crippen LogP contribution in [0.2, 0.25) is 0 Å². The summed E-state index contributed by atoms with van der Waals surface area (Å²) in [4.78, 5) is 14.7. The second-order valence-corrected chi connectivity index (χ2v) is 7.98. The largest absolute Gasteiger partial charge is 0.507 e. The van der Waals surface area contributed by atoms with Gasteiger partial charge in [-0.2, -0.15) is 0 Å². The summed E-state index contributed by atoms with van der Waals surface area (Å²) >= 11 is 8.70. The highest BCUT2D eigenvalue weighted by atomic mass is 127. The van der Waals surface area contributed by atoms with Crippen LogP contribution < -0.4 is 0 Å². The summed E-state index contributed by atoms with van der Waals surface area (Å²) in [5.74, 6) is 0.178. The molecule has 1 atom stereocenters. The number of hydrogen-bond acceptors (Lipinski definition) is 5. The lowest BCUT2D eigenvalue weighted by molar-refractivity contribution is -0.123. The summed E-state index contributed by atoms with van der Waals surface area (Å²) in [6.07, 6.45) is 3.93. The van der Waals surface area contributed by atoms with Gasteiger partial charge in [0.05, 0.1) is 21.1 Å². The first-order valence-corrected chi connectivity index (χ1v) is 9.20. The highest BCUT2D eigenvalue weighted by molar-refractivity contribution is 14.1. The van der Waals surface area contributed by atoms with Crippen LogP contribution in [0.1, 0.15) is 18.4 Å². The number of phenolic OH excluding ortho intramolecular Hbond substituents is 1. The fourth-order valence-electron chi connectivity index (χ4n) is 2.41. The van der Waals surface area contributed by atoms with Crippen molar-refractivity contribution < 1.29 is 14.6 Å². The molecule has 2 aliphatic rings. The SMILES string of the molecule is O=C1/C(=C/c2ccc(O)c(I)c2)SC(=S)N1C[C@@H]1CCCO1. The molecule has 2 saturated heterocycles. The van der Waals surface area contributed by atoms with Crippen LogP contribution in [0.3, 0.4) is 0 Å². The van der Waals surface area contributed by atoms with Gasteiger partial charge >= 0.3 is 0 Å². The molecule has 22 heavy (non-hydrogen) atoms. The van der Waals surface area contributed by atoms with E-state index in [1.165, 1.54) is 11.8 Å². The molecule has 1 aromatic carbocycles. The molecule has 1 N–H and O–H groups in total. The summed E-state index contributed by atoms with van der Waals surface area (Å²) in [6.45, 7) is 1.30. The summed E-state index contributed by atoms with van der Waals surface area (Å²) in [7, 11) is 0. The molecule has 0 unspecified atom stereocenters. The predicted molar refractivity (Wildman–Crippen MR) is 99.7 cm³/mol. The van der Waals surface area contributed by atoms with Crippen LogP contribution in [0.5, 0.6) is 5.75 Å². The molecular weight excluding hydrogens is 433 g/mol. The van der Waals surface area contributed by atoms with Crippen LogP contribution in [-0.4, -0.2) is 39.5 Å². The van der Waals surface area contributed by atoms with Crippen LogP contribution in [0, 0.1) is 3.57 Å². The Bertz CT molecular complexity index is 656. The molecule has 116 valence electrons. The molecule has 1 aromatic rings. The molecular formula is C15H14INO3S2. The lowest BCUT2D eigenvalue weighted by Crippen LogP contribution is -2.35. The van der Waals surface area contributed by atoms with E-state index in [1.54, 1.807) is 17.0 Å². The van der Waals surface area contributed by atoms with Crippen LogP contribution in [0.4, 0.5) is 0 Å². The predicted octanol–water partition coefficient (Wildman–Crippen LogP) is 3.38. The fraction of sp³-hybridized carbons (Fsp3) is 0.333. The van der Waals surface area contributed by atoms with Crippen molar-refractivity contribution >= 4 is 62.9 Å². The highest BCUT2D eigenvalue weighted by Crippen LogP contribution is 2.34. The zero-order valence-electron chi connectivity index (χ0n) is 11.6. The third-order valence-corrected chi connectivity index (χ3v) is 5.80. The number of thioether (sulfide) groups is 1. The zero-order chi connectivity index (χ0) is 15.7.